The summed E-state index contributed by atoms with van der Waals surface area (Å²) in [5.41, 5.74) is 1.41. The van der Waals surface area contributed by atoms with Gasteiger partial charge in [0.15, 0.2) is 5.82 Å². The minimum Gasteiger partial charge on any atom is -0.457 e. The highest BCUT2D eigenvalue weighted by Gasteiger charge is 2.07. The van der Waals surface area contributed by atoms with Crippen LogP contribution < -0.4 is 20.3 Å². The molecule has 0 spiro atoms. The Hall–Kier alpha value is -3.68. The van der Waals surface area contributed by atoms with Crippen molar-refractivity contribution in [1.82, 2.24) is 15.5 Å². The highest BCUT2D eigenvalue weighted by atomic mass is 19.1. The van der Waals surface area contributed by atoms with Crippen LogP contribution in [-0.4, -0.2) is 43.3 Å². The molecule has 2 aromatic carbocycles. The van der Waals surface area contributed by atoms with Crippen LogP contribution in [0.2, 0.25) is 0 Å². The van der Waals surface area contributed by atoms with E-state index in [0.29, 0.717) is 36.0 Å². The van der Waals surface area contributed by atoms with E-state index in [9.17, 15) is 9.18 Å². The second-order valence-corrected chi connectivity index (χ2v) is 6.46. The summed E-state index contributed by atoms with van der Waals surface area (Å²) >= 11 is 0. The van der Waals surface area contributed by atoms with Crippen LogP contribution in [0.1, 0.15) is 10.4 Å². The number of carbonyl (C=O) groups is 1. The first-order valence-corrected chi connectivity index (χ1v) is 9.07. The van der Waals surface area contributed by atoms with Gasteiger partial charge in [0, 0.05) is 38.8 Å². The lowest BCUT2D eigenvalue weighted by molar-refractivity contribution is 0.0955. The van der Waals surface area contributed by atoms with Crippen LogP contribution in [0.5, 0.6) is 11.5 Å². The first kappa shape index (κ1) is 20.1. The largest absolute Gasteiger partial charge is 0.457 e. The molecule has 0 aliphatic rings. The molecule has 0 radical (unpaired) electrons. The lowest BCUT2D eigenvalue weighted by Gasteiger charge is -2.13. The molecule has 1 heterocycles. The van der Waals surface area contributed by atoms with E-state index in [-0.39, 0.29) is 11.7 Å². The number of carbonyl (C=O) groups excluding carboxylic acids is 1. The van der Waals surface area contributed by atoms with Crippen LogP contribution in [-0.2, 0) is 0 Å². The normalized spacial score (nSPS) is 10.3. The summed E-state index contributed by atoms with van der Waals surface area (Å²) in [7, 11) is 3.85. The van der Waals surface area contributed by atoms with E-state index in [1.807, 2.05) is 25.1 Å². The van der Waals surface area contributed by atoms with Crippen molar-refractivity contribution >= 4 is 17.4 Å². The lowest BCUT2D eigenvalue weighted by atomic mass is 10.2. The molecule has 0 fully saturated rings. The highest BCUT2D eigenvalue weighted by molar-refractivity contribution is 5.94. The number of hydrogen-bond donors (Lipinski definition) is 2. The van der Waals surface area contributed by atoms with Crippen molar-refractivity contribution < 1.29 is 13.9 Å². The summed E-state index contributed by atoms with van der Waals surface area (Å²) in [6, 6.07) is 14.4. The number of ether oxygens (including phenoxy) is 1. The summed E-state index contributed by atoms with van der Waals surface area (Å²) < 4.78 is 18.6. The van der Waals surface area contributed by atoms with Gasteiger partial charge < -0.3 is 20.3 Å². The molecule has 1 aromatic heterocycles. The molecular formula is C21H22FN5O2. The zero-order valence-electron chi connectivity index (χ0n) is 16.2. The Morgan fingerprint density at radius 3 is 2.62 bits per heavy atom. The van der Waals surface area contributed by atoms with Crippen molar-refractivity contribution in [3.63, 3.8) is 0 Å². The standard InChI is InChI=1S/C21H22FN5O2/c1-27(2)17-13-20(26-25-14-17)23-10-11-24-21(28)15-4-3-5-19(12-15)29-18-8-6-16(22)7-9-18/h3-9,12-14H,10-11H2,1-2H3,(H,23,26)(H,24,28). The summed E-state index contributed by atoms with van der Waals surface area (Å²) in [5.74, 6) is 1.08. The van der Waals surface area contributed by atoms with Gasteiger partial charge in [-0.3, -0.25) is 4.79 Å². The van der Waals surface area contributed by atoms with Crippen LogP contribution in [0.4, 0.5) is 15.9 Å². The maximum atomic E-state index is 13.0. The van der Waals surface area contributed by atoms with E-state index in [4.69, 9.17) is 4.74 Å². The van der Waals surface area contributed by atoms with Gasteiger partial charge in [0.05, 0.1) is 11.9 Å². The molecule has 0 unspecified atom stereocenters. The molecule has 29 heavy (non-hydrogen) atoms. The zero-order chi connectivity index (χ0) is 20.6. The van der Waals surface area contributed by atoms with Gasteiger partial charge in [-0.2, -0.15) is 5.10 Å². The molecule has 3 rings (SSSR count). The Bertz CT molecular complexity index is 963. The number of benzene rings is 2. The first-order chi connectivity index (χ1) is 14.0. The van der Waals surface area contributed by atoms with E-state index in [0.717, 1.165) is 5.69 Å². The van der Waals surface area contributed by atoms with Crippen molar-refractivity contribution in [2.75, 3.05) is 37.4 Å². The molecule has 3 aromatic rings. The van der Waals surface area contributed by atoms with Crippen LogP contribution in [0.3, 0.4) is 0 Å². The molecule has 150 valence electrons. The molecular weight excluding hydrogens is 373 g/mol. The smallest absolute Gasteiger partial charge is 0.251 e. The predicted octanol–water partition coefficient (Wildman–Crippen LogP) is 3.32. The predicted molar refractivity (Wildman–Crippen MR) is 110 cm³/mol. The van der Waals surface area contributed by atoms with Gasteiger partial charge in [0.25, 0.3) is 5.91 Å². The van der Waals surface area contributed by atoms with Crippen molar-refractivity contribution in [1.29, 1.82) is 0 Å². The quantitative estimate of drug-likeness (QED) is 0.570. The Kier molecular flexibility index (Phi) is 6.57. The van der Waals surface area contributed by atoms with Gasteiger partial charge in [0.2, 0.25) is 0 Å². The molecule has 1 amide bonds. The topological polar surface area (TPSA) is 79.4 Å². The van der Waals surface area contributed by atoms with E-state index in [2.05, 4.69) is 20.8 Å². The summed E-state index contributed by atoms with van der Waals surface area (Å²) in [6.07, 6.45) is 1.67. The Balaban J connectivity index is 1.50. The van der Waals surface area contributed by atoms with E-state index >= 15 is 0 Å². The number of hydrogen-bond acceptors (Lipinski definition) is 6. The van der Waals surface area contributed by atoms with E-state index < -0.39 is 0 Å². The molecule has 0 aliphatic carbocycles. The lowest BCUT2D eigenvalue weighted by Crippen LogP contribution is -2.29. The monoisotopic (exact) mass is 395 g/mol. The Labute approximate surface area is 168 Å². The minimum absolute atomic E-state index is 0.218. The SMILES string of the molecule is CN(C)c1cnnc(NCCNC(=O)c2cccc(Oc3ccc(F)cc3)c2)c1. The van der Waals surface area contributed by atoms with Gasteiger partial charge in [-0.05, 0) is 42.5 Å². The van der Waals surface area contributed by atoms with Crippen LogP contribution >= 0.6 is 0 Å². The second kappa shape index (κ2) is 9.50. The van der Waals surface area contributed by atoms with Crippen LogP contribution in [0.25, 0.3) is 0 Å². The average Bonchev–Trinajstić information content (AvgIpc) is 2.73. The maximum Gasteiger partial charge on any atom is 0.251 e. The van der Waals surface area contributed by atoms with Gasteiger partial charge in [-0.25, -0.2) is 4.39 Å². The average molecular weight is 395 g/mol. The molecule has 2 N–H and O–H groups in total. The molecule has 0 saturated carbocycles. The number of nitrogens with zero attached hydrogens (tertiary/aromatic N) is 3. The minimum atomic E-state index is -0.335. The van der Waals surface area contributed by atoms with Crippen LogP contribution in [0, 0.1) is 5.82 Å². The maximum absolute atomic E-state index is 13.0. The summed E-state index contributed by atoms with van der Waals surface area (Å²) in [4.78, 5) is 14.3. The number of rotatable bonds is 8. The van der Waals surface area contributed by atoms with E-state index in [1.165, 1.54) is 24.3 Å². The van der Waals surface area contributed by atoms with Crippen molar-refractivity contribution in [3.05, 3.63) is 72.2 Å². The van der Waals surface area contributed by atoms with Crippen molar-refractivity contribution in [2.24, 2.45) is 0 Å². The number of anilines is 2. The fraction of sp³-hybridized carbons (Fsp3) is 0.190. The van der Waals surface area contributed by atoms with Crippen molar-refractivity contribution in [3.8, 4) is 11.5 Å². The van der Waals surface area contributed by atoms with Gasteiger partial charge in [0.1, 0.15) is 17.3 Å². The second-order valence-electron chi connectivity index (χ2n) is 6.46. The first-order valence-electron chi connectivity index (χ1n) is 9.07. The Morgan fingerprint density at radius 2 is 1.86 bits per heavy atom. The highest BCUT2D eigenvalue weighted by Crippen LogP contribution is 2.22. The summed E-state index contributed by atoms with van der Waals surface area (Å²) in [6.45, 7) is 0.916. The number of nitrogens with one attached hydrogen (secondary N) is 2. The molecule has 0 aliphatic heterocycles. The molecule has 8 heteroatoms. The summed E-state index contributed by atoms with van der Waals surface area (Å²) in [5, 5.41) is 13.9. The molecule has 0 atom stereocenters. The third kappa shape index (κ3) is 5.90. The third-order valence-corrected chi connectivity index (χ3v) is 4.02. The fourth-order valence-corrected chi connectivity index (χ4v) is 2.50. The van der Waals surface area contributed by atoms with E-state index in [1.54, 1.807) is 30.5 Å². The zero-order valence-corrected chi connectivity index (χ0v) is 16.2. The number of amides is 1. The van der Waals surface area contributed by atoms with Crippen LogP contribution in [0.15, 0.2) is 60.8 Å². The number of aromatic nitrogens is 2. The molecule has 0 saturated heterocycles. The molecule has 7 nitrogen and oxygen atoms in total. The van der Waals surface area contributed by atoms with Gasteiger partial charge in [-0.1, -0.05) is 6.07 Å². The fourth-order valence-electron chi connectivity index (χ4n) is 2.50. The third-order valence-electron chi connectivity index (χ3n) is 4.02. The van der Waals surface area contributed by atoms with Crippen molar-refractivity contribution in [2.45, 2.75) is 0 Å². The molecule has 0 bridgehead atoms. The number of halogens is 1. The van der Waals surface area contributed by atoms with Gasteiger partial charge in [-0.15, -0.1) is 5.10 Å². The van der Waals surface area contributed by atoms with Gasteiger partial charge >= 0.3 is 0 Å². The Morgan fingerprint density at radius 1 is 1.07 bits per heavy atom.